The maximum absolute atomic E-state index is 12.7. The average molecular weight is 1040 g/mol. The number of benzene rings is 4. The van der Waals surface area contributed by atoms with Gasteiger partial charge in [0.2, 0.25) is 0 Å². The SMILES string of the molecule is CC(C)c1cc(C(C)C)c(-c2cc(N3[CH-]N(C)c4nccnc43)[c-]c(N3[CH-]N(C)c4nccnc43)c2)c(C(C)C)c1.FC(F)(F)c1ccc2[n-]c3ccc(C(F)(F)F)cc3c2c1.[Pt+4]. The zero-order chi connectivity index (χ0) is 44.4. The predicted octanol–water partition coefficient (Wildman–Crippen LogP) is 12.5. The molecule has 9 nitrogen and oxygen atoms in total. The van der Waals surface area contributed by atoms with Crippen LogP contribution in [-0.2, 0) is 33.4 Å². The van der Waals surface area contributed by atoms with Gasteiger partial charge in [0.05, 0.1) is 11.1 Å². The second-order valence-electron chi connectivity index (χ2n) is 16.3. The summed E-state index contributed by atoms with van der Waals surface area (Å²) in [5, 5.41) is 0.122. The molecule has 0 atom stereocenters. The molecule has 0 bridgehead atoms. The van der Waals surface area contributed by atoms with Crippen LogP contribution in [0.5, 0.6) is 0 Å². The van der Waals surface area contributed by atoms with Gasteiger partial charge in [0.1, 0.15) is 23.3 Å². The van der Waals surface area contributed by atoms with E-state index in [1.165, 1.54) is 22.3 Å². The van der Waals surface area contributed by atoms with Crippen molar-refractivity contribution in [1.29, 1.82) is 0 Å². The van der Waals surface area contributed by atoms with Crippen molar-refractivity contribution in [2.45, 2.75) is 71.6 Å². The van der Waals surface area contributed by atoms with E-state index < -0.39 is 23.5 Å². The fraction of sp³-hybridized carbons (Fsp3) is 0.277. The number of hydrogen-bond donors (Lipinski definition) is 0. The van der Waals surface area contributed by atoms with Crippen LogP contribution in [0.2, 0.25) is 0 Å². The molecule has 0 spiro atoms. The smallest absolute Gasteiger partial charge is 0.657 e. The van der Waals surface area contributed by atoms with Crippen molar-refractivity contribution in [3.63, 3.8) is 0 Å². The molecule has 2 aliphatic rings. The van der Waals surface area contributed by atoms with Gasteiger partial charge < -0.3 is 24.6 Å². The van der Waals surface area contributed by atoms with Crippen LogP contribution in [-0.4, -0.2) is 34.0 Å². The number of anilines is 6. The topological polar surface area (TPSA) is 78.6 Å². The Balaban J connectivity index is 0.000000228. The Labute approximate surface area is 376 Å². The van der Waals surface area contributed by atoms with E-state index in [-0.39, 0.29) is 42.9 Å². The first-order valence-electron chi connectivity index (χ1n) is 20.1. The van der Waals surface area contributed by atoms with Crippen molar-refractivity contribution in [3.8, 4) is 11.1 Å². The number of halogens is 6. The summed E-state index contributed by atoms with van der Waals surface area (Å²) in [6.45, 7) is 17.7. The number of fused-ring (bicyclic) bond motifs is 5. The van der Waals surface area contributed by atoms with Gasteiger partial charge in [0.15, 0.2) is 0 Å². The van der Waals surface area contributed by atoms with Crippen LogP contribution in [0.15, 0.2) is 85.5 Å². The predicted molar refractivity (Wildman–Crippen MR) is 232 cm³/mol. The molecule has 0 radical (unpaired) electrons. The molecule has 0 unspecified atom stereocenters. The van der Waals surface area contributed by atoms with E-state index in [0.717, 1.165) is 76.6 Å². The van der Waals surface area contributed by atoms with Crippen LogP contribution in [0, 0.1) is 19.4 Å². The summed E-state index contributed by atoms with van der Waals surface area (Å²) >= 11 is 0. The van der Waals surface area contributed by atoms with E-state index in [1.54, 1.807) is 24.8 Å². The molecule has 63 heavy (non-hydrogen) atoms. The van der Waals surface area contributed by atoms with Gasteiger partial charge in [-0.25, -0.2) is 19.9 Å². The zero-order valence-electron chi connectivity index (χ0n) is 35.6. The second kappa shape index (κ2) is 17.1. The Kier molecular flexibility index (Phi) is 12.3. The minimum Gasteiger partial charge on any atom is -0.657 e. The Bertz CT molecular complexity index is 2620. The molecule has 0 saturated heterocycles. The molecule has 5 heterocycles. The third kappa shape index (κ3) is 8.68. The normalized spacial score (nSPS) is 13.9. The Morgan fingerprint density at radius 2 is 0.952 bits per heavy atom. The molecule has 9 rings (SSSR count). The second-order valence-corrected chi connectivity index (χ2v) is 16.3. The molecular formula is C47H43F6N9Pt. The van der Waals surface area contributed by atoms with Gasteiger partial charge >= 0.3 is 33.4 Å². The molecule has 7 aromatic rings. The van der Waals surface area contributed by atoms with E-state index >= 15 is 0 Å². The minimum atomic E-state index is -4.56. The van der Waals surface area contributed by atoms with E-state index in [9.17, 15) is 26.3 Å². The summed E-state index contributed by atoms with van der Waals surface area (Å²) in [6.07, 6.45) is -2.20. The molecule has 0 N–H and O–H groups in total. The van der Waals surface area contributed by atoms with Crippen molar-refractivity contribution in [2.75, 3.05) is 33.7 Å². The van der Waals surface area contributed by atoms with Crippen LogP contribution in [0.25, 0.3) is 32.9 Å². The number of nitrogens with zero attached hydrogens (tertiary/aromatic N) is 9. The molecule has 0 saturated carbocycles. The van der Waals surface area contributed by atoms with Crippen molar-refractivity contribution in [2.24, 2.45) is 0 Å². The number of hydrogen-bond acceptors (Lipinski definition) is 8. The van der Waals surface area contributed by atoms with Crippen LogP contribution in [0.1, 0.15) is 87.1 Å². The van der Waals surface area contributed by atoms with E-state index in [1.807, 2.05) is 37.2 Å². The van der Waals surface area contributed by atoms with Crippen LogP contribution >= 0.6 is 0 Å². The molecular weight excluding hydrogens is 1000 g/mol. The summed E-state index contributed by atoms with van der Waals surface area (Å²) in [6, 6.07) is 18.6. The summed E-state index contributed by atoms with van der Waals surface area (Å²) in [5.41, 5.74) is 6.91. The van der Waals surface area contributed by atoms with Crippen LogP contribution in [0.4, 0.5) is 61.0 Å². The Morgan fingerprint density at radius 3 is 1.32 bits per heavy atom. The van der Waals surface area contributed by atoms with Gasteiger partial charge in [-0.2, -0.15) is 26.3 Å². The summed E-state index contributed by atoms with van der Waals surface area (Å²) in [4.78, 5) is 30.7. The van der Waals surface area contributed by atoms with Gasteiger partial charge in [-0.1, -0.05) is 77.9 Å². The molecule has 0 fully saturated rings. The fourth-order valence-electron chi connectivity index (χ4n) is 7.82. The first-order valence-corrected chi connectivity index (χ1v) is 20.1. The molecule has 0 aliphatic carbocycles. The van der Waals surface area contributed by atoms with E-state index in [4.69, 9.17) is 0 Å². The quantitative estimate of drug-likeness (QED) is 0.120. The summed E-state index contributed by atoms with van der Waals surface area (Å²) in [7, 11) is 3.98. The van der Waals surface area contributed by atoms with Crippen molar-refractivity contribution in [3.05, 3.63) is 133 Å². The Hall–Kier alpha value is -5.69. The maximum Gasteiger partial charge on any atom is 4.00 e. The van der Waals surface area contributed by atoms with E-state index in [0.29, 0.717) is 17.8 Å². The maximum atomic E-state index is 12.7. The molecule has 16 heteroatoms. The van der Waals surface area contributed by atoms with Gasteiger partial charge in [-0.3, -0.25) is 0 Å². The number of aromatic nitrogens is 5. The average Bonchev–Trinajstić information content (AvgIpc) is 3.89. The zero-order valence-corrected chi connectivity index (χ0v) is 37.9. The standard InChI is InChI=1S/C33H37N8.C14H6F6N.Pt/c1-20(2)23-15-27(21(3)4)29(28(16-23)22(5)6)24-13-25(40-18-38(7)30-32(40)36-11-9-34-30)17-26(14-24)41-19-39(8)31-33(41)37-12-10-35-31;15-13(16,17)7-1-3-11-9(5-7)10-6-8(14(18,19)20)2-4-12(10)21-11;/h9-16,18-22H,1-8H3;1-6H;/q-3;-1;+4. The Morgan fingerprint density at radius 1 is 0.556 bits per heavy atom. The molecule has 0 amide bonds. The molecule has 4 aromatic carbocycles. The van der Waals surface area contributed by atoms with Crippen molar-refractivity contribution in [1.82, 2.24) is 24.9 Å². The first-order chi connectivity index (χ1) is 29.3. The van der Waals surface area contributed by atoms with Gasteiger partial charge in [0, 0.05) is 24.8 Å². The van der Waals surface area contributed by atoms with Gasteiger partial charge in [0.25, 0.3) is 0 Å². The number of rotatable bonds is 6. The monoisotopic (exact) mass is 1040 g/mol. The van der Waals surface area contributed by atoms with Crippen LogP contribution < -0.4 is 24.6 Å². The van der Waals surface area contributed by atoms with Crippen LogP contribution in [0.3, 0.4) is 0 Å². The molecule has 3 aromatic heterocycles. The molecule has 328 valence electrons. The van der Waals surface area contributed by atoms with Crippen molar-refractivity contribution < 1.29 is 47.4 Å². The minimum absolute atomic E-state index is 0. The van der Waals surface area contributed by atoms with E-state index in [2.05, 4.69) is 107 Å². The van der Waals surface area contributed by atoms with Gasteiger partial charge in [-0.15, -0.1) is 59.5 Å². The number of alkyl halides is 6. The third-order valence-electron chi connectivity index (χ3n) is 11.0. The largest absolute Gasteiger partial charge is 4.00 e. The third-order valence-corrected chi connectivity index (χ3v) is 11.0. The fourth-order valence-corrected chi connectivity index (χ4v) is 7.82. The summed E-state index contributed by atoms with van der Waals surface area (Å²) < 4.78 is 76.1. The van der Waals surface area contributed by atoms with Gasteiger partial charge in [-0.05, 0) is 77.0 Å². The first kappa shape index (κ1) is 45.3. The molecule has 2 aliphatic heterocycles. The van der Waals surface area contributed by atoms with Crippen molar-refractivity contribution >= 4 is 56.5 Å². The summed E-state index contributed by atoms with van der Waals surface area (Å²) in [5.74, 6) is 4.32.